The first-order valence-corrected chi connectivity index (χ1v) is 6.49. The highest BCUT2D eigenvalue weighted by Crippen LogP contribution is 2.42. The van der Waals surface area contributed by atoms with Gasteiger partial charge in [0.1, 0.15) is 5.75 Å². The van der Waals surface area contributed by atoms with Crippen LogP contribution in [0, 0.1) is 12.3 Å². The molecule has 1 aromatic rings. The van der Waals surface area contributed by atoms with Crippen LogP contribution in [-0.4, -0.2) is 30.3 Å². The molecule has 2 unspecified atom stereocenters. The zero-order valence-electron chi connectivity index (χ0n) is 11.9. The largest absolute Gasteiger partial charge is 0.508 e. The first kappa shape index (κ1) is 13.9. The molecule has 0 radical (unpaired) electrons. The van der Waals surface area contributed by atoms with Crippen LogP contribution in [0.15, 0.2) is 18.2 Å². The van der Waals surface area contributed by atoms with Gasteiger partial charge in [0, 0.05) is 24.1 Å². The quantitative estimate of drug-likeness (QED) is 0.879. The third kappa shape index (κ3) is 2.45. The van der Waals surface area contributed by atoms with Gasteiger partial charge in [-0.15, -0.1) is 0 Å². The smallest absolute Gasteiger partial charge is 0.251 e. The second kappa shape index (κ2) is 4.85. The first-order chi connectivity index (χ1) is 8.86. The number of nitrogens with one attached hydrogen (secondary N) is 1. The summed E-state index contributed by atoms with van der Waals surface area (Å²) in [6.45, 7) is 5.97. The van der Waals surface area contributed by atoms with E-state index < -0.39 is 0 Å². The maximum atomic E-state index is 12.1. The van der Waals surface area contributed by atoms with Crippen molar-refractivity contribution in [2.75, 3.05) is 7.11 Å². The molecular weight excluding hydrogens is 242 g/mol. The Hall–Kier alpha value is -1.55. The molecule has 0 bridgehead atoms. The number of rotatable bonds is 3. The van der Waals surface area contributed by atoms with E-state index in [0.717, 1.165) is 12.0 Å². The number of benzene rings is 1. The van der Waals surface area contributed by atoms with Crippen LogP contribution in [0.4, 0.5) is 0 Å². The number of amides is 1. The van der Waals surface area contributed by atoms with Gasteiger partial charge in [-0.3, -0.25) is 4.79 Å². The summed E-state index contributed by atoms with van der Waals surface area (Å²) in [5, 5.41) is 12.6. The lowest BCUT2D eigenvalue weighted by Gasteiger charge is -2.51. The Morgan fingerprint density at radius 3 is 2.68 bits per heavy atom. The molecule has 0 saturated heterocycles. The Bertz CT molecular complexity index is 496. The summed E-state index contributed by atoms with van der Waals surface area (Å²) in [4.78, 5) is 12.1. The standard InChI is InChI=1S/C15H21NO3/c1-9-5-6-10(7-11(9)17)14(18)16-12-8-13(19-4)15(12,2)3/h5-7,12-13,17H,8H2,1-4H3,(H,16,18). The summed E-state index contributed by atoms with van der Waals surface area (Å²) < 4.78 is 5.36. The predicted molar refractivity (Wildman–Crippen MR) is 73.3 cm³/mol. The number of carbonyl (C=O) groups is 1. The number of aryl methyl sites for hydroxylation is 1. The number of methoxy groups -OCH3 is 1. The molecule has 2 rings (SSSR count). The number of carbonyl (C=O) groups excluding carboxylic acids is 1. The van der Waals surface area contributed by atoms with Crippen LogP contribution < -0.4 is 5.32 Å². The van der Waals surface area contributed by atoms with Crippen LogP contribution in [0.25, 0.3) is 0 Å². The van der Waals surface area contributed by atoms with Crippen molar-refractivity contribution in [3.05, 3.63) is 29.3 Å². The van der Waals surface area contributed by atoms with Crippen LogP contribution in [0.5, 0.6) is 5.75 Å². The van der Waals surface area contributed by atoms with Gasteiger partial charge in [-0.2, -0.15) is 0 Å². The molecule has 0 aliphatic heterocycles. The highest BCUT2D eigenvalue weighted by Gasteiger charge is 2.49. The van der Waals surface area contributed by atoms with E-state index in [1.54, 1.807) is 26.2 Å². The second-order valence-electron chi connectivity index (χ2n) is 5.81. The Balaban J connectivity index is 2.04. The lowest BCUT2D eigenvalue weighted by atomic mass is 9.64. The number of aromatic hydroxyl groups is 1. The average Bonchev–Trinajstić information content (AvgIpc) is 2.36. The van der Waals surface area contributed by atoms with Gasteiger partial charge in [0.05, 0.1) is 6.10 Å². The summed E-state index contributed by atoms with van der Waals surface area (Å²) in [7, 11) is 1.70. The number of hydrogen-bond acceptors (Lipinski definition) is 3. The maximum Gasteiger partial charge on any atom is 0.251 e. The molecule has 4 nitrogen and oxygen atoms in total. The van der Waals surface area contributed by atoms with Gasteiger partial charge in [-0.1, -0.05) is 19.9 Å². The van der Waals surface area contributed by atoms with E-state index in [4.69, 9.17) is 4.74 Å². The maximum absolute atomic E-state index is 12.1. The zero-order valence-corrected chi connectivity index (χ0v) is 11.9. The molecule has 1 aromatic carbocycles. The molecule has 1 saturated carbocycles. The third-order valence-corrected chi connectivity index (χ3v) is 4.24. The molecule has 19 heavy (non-hydrogen) atoms. The molecule has 2 atom stereocenters. The zero-order chi connectivity index (χ0) is 14.2. The summed E-state index contributed by atoms with van der Waals surface area (Å²) in [6, 6.07) is 5.08. The van der Waals surface area contributed by atoms with E-state index in [1.165, 1.54) is 6.07 Å². The van der Waals surface area contributed by atoms with Gasteiger partial charge in [0.25, 0.3) is 5.91 Å². The summed E-state index contributed by atoms with van der Waals surface area (Å²) in [5.41, 5.74) is 1.19. The molecule has 104 valence electrons. The van der Waals surface area contributed by atoms with Crippen molar-refractivity contribution in [1.29, 1.82) is 0 Å². The highest BCUT2D eigenvalue weighted by atomic mass is 16.5. The van der Waals surface area contributed by atoms with E-state index in [9.17, 15) is 9.90 Å². The van der Waals surface area contributed by atoms with E-state index in [1.807, 2.05) is 0 Å². The normalized spacial score (nSPS) is 24.6. The van der Waals surface area contributed by atoms with Crippen molar-refractivity contribution in [3.8, 4) is 5.75 Å². The van der Waals surface area contributed by atoms with Crippen molar-refractivity contribution in [3.63, 3.8) is 0 Å². The van der Waals surface area contributed by atoms with Gasteiger partial charge in [-0.05, 0) is 31.0 Å². The molecule has 1 fully saturated rings. The van der Waals surface area contributed by atoms with Gasteiger partial charge >= 0.3 is 0 Å². The summed E-state index contributed by atoms with van der Waals surface area (Å²) in [6.07, 6.45) is 1.01. The van der Waals surface area contributed by atoms with Crippen LogP contribution in [0.3, 0.4) is 0 Å². The Labute approximate surface area is 113 Å². The molecule has 1 aliphatic carbocycles. The fourth-order valence-electron chi connectivity index (χ4n) is 2.52. The lowest BCUT2D eigenvalue weighted by Crippen LogP contribution is -2.61. The topological polar surface area (TPSA) is 58.6 Å². The number of phenolic OH excluding ortho intramolecular Hbond substituents is 1. The predicted octanol–water partition coefficient (Wildman–Crippen LogP) is 2.24. The minimum absolute atomic E-state index is 0.0584. The first-order valence-electron chi connectivity index (χ1n) is 6.49. The van der Waals surface area contributed by atoms with Gasteiger partial charge < -0.3 is 15.2 Å². The minimum atomic E-state index is -0.150. The van der Waals surface area contributed by atoms with Crippen LogP contribution in [-0.2, 0) is 4.74 Å². The van der Waals surface area contributed by atoms with E-state index in [2.05, 4.69) is 19.2 Å². The van der Waals surface area contributed by atoms with Crippen LogP contribution >= 0.6 is 0 Å². The van der Waals surface area contributed by atoms with Crippen molar-refractivity contribution in [2.45, 2.75) is 39.3 Å². The highest BCUT2D eigenvalue weighted by molar-refractivity contribution is 5.95. The summed E-state index contributed by atoms with van der Waals surface area (Å²) >= 11 is 0. The molecular formula is C15H21NO3. The minimum Gasteiger partial charge on any atom is -0.508 e. The Morgan fingerprint density at radius 1 is 1.47 bits per heavy atom. The van der Waals surface area contributed by atoms with E-state index >= 15 is 0 Å². The molecule has 0 spiro atoms. The Kier molecular flexibility index (Phi) is 3.54. The number of ether oxygens (including phenoxy) is 1. The molecule has 0 aromatic heterocycles. The Morgan fingerprint density at radius 2 is 2.16 bits per heavy atom. The van der Waals surface area contributed by atoms with Gasteiger partial charge in [0.2, 0.25) is 0 Å². The molecule has 2 N–H and O–H groups in total. The molecule has 0 heterocycles. The monoisotopic (exact) mass is 263 g/mol. The lowest BCUT2D eigenvalue weighted by molar-refractivity contribution is -0.0942. The average molecular weight is 263 g/mol. The van der Waals surface area contributed by atoms with E-state index in [-0.39, 0.29) is 29.2 Å². The fraction of sp³-hybridized carbons (Fsp3) is 0.533. The third-order valence-electron chi connectivity index (χ3n) is 4.24. The number of hydrogen-bond donors (Lipinski definition) is 2. The van der Waals surface area contributed by atoms with Crippen molar-refractivity contribution in [1.82, 2.24) is 5.32 Å². The fourth-order valence-corrected chi connectivity index (χ4v) is 2.52. The number of phenols is 1. The molecule has 4 heteroatoms. The second-order valence-corrected chi connectivity index (χ2v) is 5.81. The SMILES string of the molecule is COC1CC(NC(=O)c2ccc(C)c(O)c2)C1(C)C. The van der Waals surface area contributed by atoms with Gasteiger partial charge in [-0.25, -0.2) is 0 Å². The molecule has 1 amide bonds. The van der Waals surface area contributed by atoms with Gasteiger partial charge in [0.15, 0.2) is 0 Å². The summed E-state index contributed by atoms with van der Waals surface area (Å²) in [5.74, 6) is -0.00165. The van der Waals surface area contributed by atoms with Crippen molar-refractivity contribution < 1.29 is 14.6 Å². The van der Waals surface area contributed by atoms with E-state index in [0.29, 0.717) is 5.56 Å². The van der Waals surface area contributed by atoms with Crippen molar-refractivity contribution >= 4 is 5.91 Å². The van der Waals surface area contributed by atoms with Crippen LogP contribution in [0.2, 0.25) is 0 Å². The molecule has 1 aliphatic rings. The van der Waals surface area contributed by atoms with Crippen molar-refractivity contribution in [2.24, 2.45) is 5.41 Å². The van der Waals surface area contributed by atoms with Crippen LogP contribution in [0.1, 0.15) is 36.2 Å².